The highest BCUT2D eigenvalue weighted by molar-refractivity contribution is 5.98. The minimum absolute atomic E-state index is 0.308. The van der Waals surface area contributed by atoms with E-state index in [4.69, 9.17) is 5.73 Å². The SMILES string of the molecule is CN(C)CCn1nnnc1Cc1ccc(C(N)=O)c(C2=CCC(C)(C)CC2)c1. The fraction of sp³-hybridized carbons (Fsp3) is 0.524. The first kappa shape index (κ1) is 20.2. The van der Waals surface area contributed by atoms with Crippen LogP contribution in [-0.2, 0) is 13.0 Å². The molecular weight excluding hydrogens is 352 g/mol. The van der Waals surface area contributed by atoms with Gasteiger partial charge in [-0.15, -0.1) is 5.10 Å². The molecule has 1 aromatic carbocycles. The number of carbonyl (C=O) groups is 1. The first-order valence-corrected chi connectivity index (χ1v) is 9.77. The zero-order valence-electron chi connectivity index (χ0n) is 17.3. The summed E-state index contributed by atoms with van der Waals surface area (Å²) in [6, 6.07) is 5.86. The Hall–Kier alpha value is -2.54. The van der Waals surface area contributed by atoms with Crippen molar-refractivity contribution in [3.63, 3.8) is 0 Å². The number of hydrogen-bond acceptors (Lipinski definition) is 5. The van der Waals surface area contributed by atoms with Gasteiger partial charge in [-0.2, -0.15) is 0 Å². The lowest BCUT2D eigenvalue weighted by Crippen LogP contribution is -2.20. The Kier molecular flexibility index (Phi) is 5.93. The van der Waals surface area contributed by atoms with Crippen LogP contribution in [0.15, 0.2) is 24.3 Å². The van der Waals surface area contributed by atoms with Crippen LogP contribution in [0.1, 0.15) is 60.4 Å². The van der Waals surface area contributed by atoms with E-state index in [1.54, 1.807) is 0 Å². The third kappa shape index (κ3) is 4.84. The van der Waals surface area contributed by atoms with Gasteiger partial charge < -0.3 is 10.6 Å². The molecule has 7 nitrogen and oxygen atoms in total. The number of amides is 1. The molecule has 3 rings (SSSR count). The average Bonchev–Trinajstić information content (AvgIpc) is 3.06. The molecule has 0 bridgehead atoms. The van der Waals surface area contributed by atoms with Gasteiger partial charge in [-0.3, -0.25) is 4.79 Å². The standard InChI is InChI=1S/C21H30N6O/c1-21(2)9-7-16(8-10-21)18-13-15(5-6-17(18)20(22)28)14-19-23-24-25-27(19)12-11-26(3)4/h5-7,13H,8-12,14H2,1-4H3,(H2,22,28). The van der Waals surface area contributed by atoms with Crippen LogP contribution in [0, 0.1) is 5.41 Å². The van der Waals surface area contributed by atoms with Gasteiger partial charge in [0.1, 0.15) is 0 Å². The van der Waals surface area contributed by atoms with Gasteiger partial charge in [0.2, 0.25) is 5.91 Å². The van der Waals surface area contributed by atoms with Crippen LogP contribution in [0.2, 0.25) is 0 Å². The number of benzene rings is 1. The molecule has 1 aromatic heterocycles. The van der Waals surface area contributed by atoms with E-state index in [9.17, 15) is 4.79 Å². The van der Waals surface area contributed by atoms with E-state index in [0.717, 1.165) is 49.3 Å². The summed E-state index contributed by atoms with van der Waals surface area (Å²) in [6.45, 7) is 6.16. The smallest absolute Gasteiger partial charge is 0.249 e. The quantitative estimate of drug-likeness (QED) is 0.795. The van der Waals surface area contributed by atoms with Gasteiger partial charge >= 0.3 is 0 Å². The number of aromatic nitrogens is 4. The van der Waals surface area contributed by atoms with Crippen molar-refractivity contribution in [2.45, 2.75) is 46.1 Å². The molecule has 1 aliphatic rings. The molecule has 0 atom stereocenters. The third-order valence-corrected chi connectivity index (χ3v) is 5.39. The predicted octanol–water partition coefficient (Wildman–Crippen LogP) is 2.52. The van der Waals surface area contributed by atoms with Crippen molar-refractivity contribution in [1.82, 2.24) is 25.1 Å². The van der Waals surface area contributed by atoms with Crippen LogP contribution in [0.25, 0.3) is 5.57 Å². The number of hydrogen-bond donors (Lipinski definition) is 1. The molecule has 0 aliphatic heterocycles. The van der Waals surface area contributed by atoms with Crippen molar-refractivity contribution in [2.24, 2.45) is 11.1 Å². The van der Waals surface area contributed by atoms with E-state index in [1.165, 1.54) is 5.57 Å². The highest BCUT2D eigenvalue weighted by Gasteiger charge is 2.24. The Morgan fingerprint density at radius 1 is 1.32 bits per heavy atom. The van der Waals surface area contributed by atoms with E-state index in [-0.39, 0.29) is 5.91 Å². The molecule has 0 spiro atoms. The molecule has 0 saturated heterocycles. The molecular formula is C21H30N6O. The van der Waals surface area contributed by atoms with Crippen LogP contribution >= 0.6 is 0 Å². The summed E-state index contributed by atoms with van der Waals surface area (Å²) in [7, 11) is 4.05. The van der Waals surface area contributed by atoms with Gasteiger partial charge in [0.15, 0.2) is 5.82 Å². The highest BCUT2D eigenvalue weighted by atomic mass is 16.1. The molecule has 2 N–H and O–H groups in total. The van der Waals surface area contributed by atoms with Crippen LogP contribution < -0.4 is 5.73 Å². The van der Waals surface area contributed by atoms with Gasteiger partial charge in [-0.05, 0) is 72.0 Å². The van der Waals surface area contributed by atoms with Crippen molar-refractivity contribution < 1.29 is 4.79 Å². The summed E-state index contributed by atoms with van der Waals surface area (Å²) in [5, 5.41) is 12.1. The van der Waals surface area contributed by atoms with Crippen molar-refractivity contribution >= 4 is 11.5 Å². The highest BCUT2D eigenvalue weighted by Crippen LogP contribution is 2.39. The summed E-state index contributed by atoms with van der Waals surface area (Å²) in [6.07, 6.45) is 5.94. The lowest BCUT2D eigenvalue weighted by molar-refractivity contribution is 0.1000. The molecule has 0 radical (unpaired) electrons. The maximum atomic E-state index is 12.0. The largest absolute Gasteiger partial charge is 0.366 e. The Morgan fingerprint density at radius 2 is 2.11 bits per heavy atom. The molecule has 1 aliphatic carbocycles. The van der Waals surface area contributed by atoms with Crippen molar-refractivity contribution in [2.75, 3.05) is 20.6 Å². The van der Waals surface area contributed by atoms with E-state index in [2.05, 4.69) is 46.4 Å². The lowest BCUT2D eigenvalue weighted by atomic mass is 9.76. The second-order valence-electron chi connectivity index (χ2n) is 8.64. The Labute approximate surface area is 166 Å². The molecule has 1 heterocycles. The number of nitrogens with two attached hydrogens (primary N) is 1. The van der Waals surface area contributed by atoms with Crippen LogP contribution in [0.4, 0.5) is 0 Å². The number of nitrogens with zero attached hydrogens (tertiary/aromatic N) is 5. The second-order valence-corrected chi connectivity index (χ2v) is 8.64. The van der Waals surface area contributed by atoms with Crippen LogP contribution in [-0.4, -0.2) is 51.7 Å². The molecule has 2 aromatic rings. The molecule has 7 heteroatoms. The minimum Gasteiger partial charge on any atom is -0.366 e. The molecule has 0 unspecified atom stereocenters. The monoisotopic (exact) mass is 382 g/mol. The van der Waals surface area contributed by atoms with E-state index in [0.29, 0.717) is 17.4 Å². The van der Waals surface area contributed by atoms with Gasteiger partial charge in [-0.1, -0.05) is 32.1 Å². The molecule has 0 fully saturated rings. The predicted molar refractivity (Wildman–Crippen MR) is 110 cm³/mol. The van der Waals surface area contributed by atoms with E-state index in [1.807, 2.05) is 30.9 Å². The number of primary amides is 1. The van der Waals surface area contributed by atoms with Crippen molar-refractivity contribution in [3.05, 3.63) is 46.8 Å². The molecule has 1 amide bonds. The fourth-order valence-electron chi connectivity index (χ4n) is 3.50. The van der Waals surface area contributed by atoms with Gasteiger partial charge in [0, 0.05) is 18.5 Å². The summed E-state index contributed by atoms with van der Waals surface area (Å²) >= 11 is 0. The molecule has 28 heavy (non-hydrogen) atoms. The zero-order valence-corrected chi connectivity index (χ0v) is 17.3. The Balaban J connectivity index is 1.87. The average molecular weight is 383 g/mol. The maximum absolute atomic E-state index is 12.0. The normalized spacial score (nSPS) is 16.2. The number of likely N-dealkylation sites (N-methyl/N-ethyl adjacent to an activating group) is 1. The number of tetrazole rings is 1. The molecule has 150 valence electrons. The number of rotatable bonds is 7. The van der Waals surface area contributed by atoms with E-state index < -0.39 is 0 Å². The maximum Gasteiger partial charge on any atom is 0.249 e. The summed E-state index contributed by atoms with van der Waals surface area (Å²) in [5.74, 6) is 0.432. The first-order valence-electron chi connectivity index (χ1n) is 9.77. The van der Waals surface area contributed by atoms with E-state index >= 15 is 0 Å². The second kappa shape index (κ2) is 8.22. The van der Waals surface area contributed by atoms with Gasteiger partial charge in [0.25, 0.3) is 0 Å². The lowest BCUT2D eigenvalue weighted by Gasteiger charge is -2.29. The first-order chi connectivity index (χ1) is 13.2. The summed E-state index contributed by atoms with van der Waals surface area (Å²) < 4.78 is 1.84. The summed E-state index contributed by atoms with van der Waals surface area (Å²) in [4.78, 5) is 14.1. The number of allylic oxidation sites excluding steroid dienone is 2. The van der Waals surface area contributed by atoms with Crippen molar-refractivity contribution in [3.8, 4) is 0 Å². The fourth-order valence-corrected chi connectivity index (χ4v) is 3.50. The van der Waals surface area contributed by atoms with Crippen molar-refractivity contribution in [1.29, 1.82) is 0 Å². The topological polar surface area (TPSA) is 89.9 Å². The van der Waals surface area contributed by atoms with Gasteiger partial charge in [0.05, 0.1) is 6.54 Å². The Morgan fingerprint density at radius 3 is 2.75 bits per heavy atom. The zero-order chi connectivity index (χ0) is 20.3. The Bertz CT molecular complexity index is 881. The van der Waals surface area contributed by atoms with Gasteiger partial charge in [-0.25, -0.2) is 4.68 Å². The van der Waals surface area contributed by atoms with Crippen LogP contribution in [0.5, 0.6) is 0 Å². The molecule has 0 saturated carbocycles. The minimum atomic E-state index is -0.386. The summed E-state index contributed by atoms with van der Waals surface area (Å²) in [5.41, 5.74) is 9.78. The third-order valence-electron chi connectivity index (χ3n) is 5.39. The van der Waals surface area contributed by atoms with Crippen LogP contribution in [0.3, 0.4) is 0 Å². The number of carbonyl (C=O) groups excluding carboxylic acids is 1.